The topological polar surface area (TPSA) is 87.5 Å². The molecule has 0 saturated carbocycles. The molecule has 1 aromatic carbocycles. The van der Waals surface area contributed by atoms with Crippen molar-refractivity contribution in [2.45, 2.75) is 25.8 Å². The predicted molar refractivity (Wildman–Crippen MR) is 123 cm³/mol. The van der Waals surface area contributed by atoms with Crippen LogP contribution in [0, 0.1) is 17.3 Å². The van der Waals surface area contributed by atoms with Crippen molar-refractivity contribution in [1.29, 1.82) is 5.26 Å². The van der Waals surface area contributed by atoms with Crippen molar-refractivity contribution < 1.29 is 18.7 Å². The smallest absolute Gasteiger partial charge is 0.262 e. The monoisotopic (exact) mass is 452 g/mol. The highest BCUT2D eigenvalue weighted by atomic mass is 19.1. The molecule has 2 aromatic rings. The summed E-state index contributed by atoms with van der Waals surface area (Å²) in [6.45, 7) is 6.85. The number of hydrogen-bond donors (Lipinski definition) is 1. The van der Waals surface area contributed by atoms with E-state index in [-0.39, 0.29) is 17.3 Å². The van der Waals surface area contributed by atoms with Gasteiger partial charge >= 0.3 is 0 Å². The van der Waals surface area contributed by atoms with Gasteiger partial charge in [0.05, 0.1) is 24.9 Å². The first kappa shape index (κ1) is 24.4. The fourth-order valence-electron chi connectivity index (χ4n) is 3.56. The lowest BCUT2D eigenvalue weighted by atomic mass is 10.0. The Morgan fingerprint density at radius 3 is 2.73 bits per heavy atom. The molecule has 1 unspecified atom stereocenters. The summed E-state index contributed by atoms with van der Waals surface area (Å²) in [4.78, 5) is 18.7. The molecule has 1 amide bonds. The maximum atomic E-state index is 13.3. The summed E-state index contributed by atoms with van der Waals surface area (Å²) in [5.74, 6) is -0.422. The number of carbonyl (C=O) groups is 1. The first-order chi connectivity index (χ1) is 16.1. The average Bonchev–Trinajstić information content (AvgIpc) is 2.83. The summed E-state index contributed by atoms with van der Waals surface area (Å²) in [7, 11) is 0. The molecule has 1 atom stereocenters. The predicted octanol–water partition coefficient (Wildman–Crippen LogP) is 3.50. The maximum absolute atomic E-state index is 13.3. The van der Waals surface area contributed by atoms with E-state index in [1.807, 2.05) is 37.3 Å². The number of nitriles is 1. The van der Waals surface area contributed by atoms with Crippen LogP contribution in [-0.2, 0) is 9.53 Å². The van der Waals surface area contributed by atoms with Gasteiger partial charge in [-0.3, -0.25) is 9.69 Å². The van der Waals surface area contributed by atoms with Crippen molar-refractivity contribution in [1.82, 2.24) is 15.2 Å². The highest BCUT2D eigenvalue weighted by molar-refractivity contribution is 6.01. The van der Waals surface area contributed by atoms with Crippen LogP contribution in [0.1, 0.15) is 37.1 Å². The summed E-state index contributed by atoms with van der Waals surface area (Å²) in [5, 5.41) is 12.3. The van der Waals surface area contributed by atoms with E-state index in [2.05, 4.69) is 15.2 Å². The third-order valence-corrected chi connectivity index (χ3v) is 5.34. The van der Waals surface area contributed by atoms with E-state index in [9.17, 15) is 14.4 Å². The van der Waals surface area contributed by atoms with Gasteiger partial charge in [0.1, 0.15) is 24.0 Å². The van der Waals surface area contributed by atoms with Gasteiger partial charge in [0.25, 0.3) is 5.91 Å². The van der Waals surface area contributed by atoms with E-state index < -0.39 is 11.9 Å². The van der Waals surface area contributed by atoms with E-state index in [4.69, 9.17) is 9.47 Å². The van der Waals surface area contributed by atoms with Crippen LogP contribution in [0.15, 0.2) is 48.0 Å². The van der Waals surface area contributed by atoms with Crippen LogP contribution in [0.2, 0.25) is 0 Å². The highest BCUT2D eigenvalue weighted by Gasteiger charge is 2.17. The van der Waals surface area contributed by atoms with Crippen LogP contribution in [0.3, 0.4) is 0 Å². The van der Waals surface area contributed by atoms with Gasteiger partial charge in [0.2, 0.25) is 5.95 Å². The lowest BCUT2D eigenvalue weighted by Gasteiger charge is -2.26. The van der Waals surface area contributed by atoms with Crippen molar-refractivity contribution in [3.63, 3.8) is 0 Å². The average molecular weight is 453 g/mol. The van der Waals surface area contributed by atoms with Gasteiger partial charge in [-0.1, -0.05) is 31.5 Å². The molecule has 0 spiro atoms. The van der Waals surface area contributed by atoms with Gasteiger partial charge in [0.15, 0.2) is 0 Å². The van der Waals surface area contributed by atoms with E-state index in [0.29, 0.717) is 13.0 Å². The Labute approximate surface area is 193 Å². The number of hydrogen-bond acceptors (Lipinski definition) is 6. The molecule has 8 heteroatoms. The van der Waals surface area contributed by atoms with E-state index in [0.717, 1.165) is 50.6 Å². The Morgan fingerprint density at radius 1 is 1.30 bits per heavy atom. The summed E-state index contributed by atoms with van der Waals surface area (Å²) < 4.78 is 24.5. The molecule has 0 radical (unpaired) electrons. The lowest BCUT2D eigenvalue weighted by Crippen LogP contribution is -2.38. The SMILES string of the molecule is CCCC(NC(=O)/C(C#N)=C/c1cccc(F)n1)c1ccc(OCCN2CCOCC2)cc1. The first-order valence-corrected chi connectivity index (χ1v) is 11.2. The normalized spacial score (nSPS) is 15.5. The van der Waals surface area contributed by atoms with Crippen molar-refractivity contribution >= 4 is 12.0 Å². The number of nitrogens with one attached hydrogen (secondary N) is 1. The minimum atomic E-state index is -0.669. The fourth-order valence-corrected chi connectivity index (χ4v) is 3.56. The molecule has 0 bridgehead atoms. The van der Waals surface area contributed by atoms with E-state index in [1.165, 1.54) is 24.3 Å². The molecular formula is C25H29FN4O3. The zero-order valence-corrected chi connectivity index (χ0v) is 18.8. The zero-order valence-electron chi connectivity index (χ0n) is 18.8. The van der Waals surface area contributed by atoms with Gasteiger partial charge in [-0.25, -0.2) is 4.98 Å². The Hall–Kier alpha value is -3.28. The Morgan fingerprint density at radius 2 is 2.06 bits per heavy atom. The number of pyridine rings is 1. The zero-order chi connectivity index (χ0) is 23.5. The third-order valence-electron chi connectivity index (χ3n) is 5.34. The number of amides is 1. The Bertz CT molecular complexity index is 982. The van der Waals surface area contributed by atoms with Crippen LogP contribution in [0.4, 0.5) is 4.39 Å². The van der Waals surface area contributed by atoms with Crippen molar-refractivity contribution in [3.8, 4) is 11.8 Å². The van der Waals surface area contributed by atoms with Gasteiger partial charge in [0, 0.05) is 19.6 Å². The molecule has 1 aromatic heterocycles. The number of aromatic nitrogens is 1. The number of carbonyl (C=O) groups excluding carboxylic acids is 1. The summed E-state index contributed by atoms with van der Waals surface area (Å²) >= 11 is 0. The molecule has 174 valence electrons. The molecule has 1 saturated heterocycles. The second-order valence-corrected chi connectivity index (χ2v) is 7.74. The van der Waals surface area contributed by atoms with Crippen LogP contribution in [-0.4, -0.2) is 55.2 Å². The van der Waals surface area contributed by atoms with E-state index in [1.54, 1.807) is 0 Å². The Balaban J connectivity index is 1.60. The first-order valence-electron chi connectivity index (χ1n) is 11.2. The largest absolute Gasteiger partial charge is 0.492 e. The number of benzene rings is 1. The molecule has 1 fully saturated rings. The minimum absolute atomic E-state index is 0.128. The second kappa shape index (κ2) is 12.7. The summed E-state index contributed by atoms with van der Waals surface area (Å²) in [5.41, 5.74) is 1.01. The van der Waals surface area contributed by atoms with Gasteiger partial charge in [-0.2, -0.15) is 9.65 Å². The molecule has 7 nitrogen and oxygen atoms in total. The molecule has 1 N–H and O–H groups in total. The van der Waals surface area contributed by atoms with Gasteiger partial charge in [-0.05, 0) is 42.3 Å². The molecule has 3 rings (SSSR count). The standard InChI is InChI=1S/C25H29FN4O3/c1-2-4-23(29-25(31)20(18-27)17-21-5-3-6-24(26)28-21)19-7-9-22(10-8-19)33-16-13-30-11-14-32-15-12-30/h3,5-10,17,23H,2,4,11-16H2,1H3,(H,29,31)/b20-17+. The maximum Gasteiger partial charge on any atom is 0.262 e. The molecule has 1 aliphatic rings. The number of ether oxygens (including phenoxy) is 2. The Kier molecular flexibility index (Phi) is 9.36. The van der Waals surface area contributed by atoms with Crippen molar-refractivity contribution in [2.75, 3.05) is 39.5 Å². The molecular weight excluding hydrogens is 423 g/mol. The summed E-state index contributed by atoms with van der Waals surface area (Å²) in [6, 6.07) is 13.5. The van der Waals surface area contributed by atoms with Crippen LogP contribution >= 0.6 is 0 Å². The fraction of sp³-hybridized carbons (Fsp3) is 0.400. The second-order valence-electron chi connectivity index (χ2n) is 7.74. The minimum Gasteiger partial charge on any atom is -0.492 e. The van der Waals surface area contributed by atoms with Gasteiger partial charge < -0.3 is 14.8 Å². The third kappa shape index (κ3) is 7.67. The van der Waals surface area contributed by atoms with Crippen LogP contribution in [0.5, 0.6) is 5.75 Å². The number of nitrogens with zero attached hydrogens (tertiary/aromatic N) is 3. The van der Waals surface area contributed by atoms with Crippen LogP contribution in [0.25, 0.3) is 6.08 Å². The molecule has 2 heterocycles. The summed E-state index contributed by atoms with van der Waals surface area (Å²) in [6.07, 6.45) is 2.84. The molecule has 33 heavy (non-hydrogen) atoms. The molecule has 1 aliphatic heterocycles. The quantitative estimate of drug-likeness (QED) is 0.337. The molecule has 0 aliphatic carbocycles. The number of rotatable bonds is 10. The van der Waals surface area contributed by atoms with Crippen molar-refractivity contribution in [3.05, 3.63) is 65.2 Å². The van der Waals surface area contributed by atoms with Gasteiger partial charge in [-0.15, -0.1) is 0 Å². The highest BCUT2D eigenvalue weighted by Crippen LogP contribution is 2.22. The van der Waals surface area contributed by atoms with E-state index >= 15 is 0 Å². The lowest BCUT2D eigenvalue weighted by molar-refractivity contribution is -0.117. The van der Waals surface area contributed by atoms with Crippen LogP contribution < -0.4 is 10.1 Å². The number of halogens is 1. The number of morpholine rings is 1. The van der Waals surface area contributed by atoms with Crippen molar-refractivity contribution in [2.24, 2.45) is 0 Å².